The zero-order valence-corrected chi connectivity index (χ0v) is 10.9. The average Bonchev–Trinajstić information content (AvgIpc) is 2.64. The van der Waals surface area contributed by atoms with Crippen LogP contribution in [-0.2, 0) is 13.0 Å². The van der Waals surface area contributed by atoms with Crippen LogP contribution < -0.4 is 5.32 Å². The monoisotopic (exact) mass is 224 g/mol. The van der Waals surface area contributed by atoms with E-state index in [9.17, 15) is 0 Å². The van der Waals surface area contributed by atoms with Gasteiger partial charge in [-0.1, -0.05) is 27.2 Å². The zero-order valence-electron chi connectivity index (χ0n) is 10.9. The number of hydrogen-bond donors (Lipinski definition) is 1. The van der Waals surface area contributed by atoms with Gasteiger partial charge in [-0.05, 0) is 19.4 Å². The molecule has 1 rings (SSSR count). The van der Waals surface area contributed by atoms with Crippen LogP contribution in [0.3, 0.4) is 0 Å². The van der Waals surface area contributed by atoms with E-state index in [1.807, 2.05) is 11.7 Å². The van der Waals surface area contributed by atoms with Crippen molar-refractivity contribution >= 4 is 0 Å². The van der Waals surface area contributed by atoms with Crippen LogP contribution in [0.4, 0.5) is 0 Å². The Balaban J connectivity index is 2.61. The summed E-state index contributed by atoms with van der Waals surface area (Å²) in [7, 11) is 2.02. The van der Waals surface area contributed by atoms with Crippen molar-refractivity contribution < 1.29 is 0 Å². The quantitative estimate of drug-likeness (QED) is 0.769. The maximum atomic E-state index is 4.35. The van der Waals surface area contributed by atoms with Gasteiger partial charge in [-0.2, -0.15) is 5.10 Å². The average molecular weight is 224 g/mol. The van der Waals surface area contributed by atoms with Gasteiger partial charge in [-0.15, -0.1) is 0 Å². The molecule has 0 aromatic carbocycles. The fraction of sp³-hybridized carbons (Fsp3) is 0.833. The molecule has 0 amide bonds. The van der Waals surface area contributed by atoms with E-state index in [0.717, 1.165) is 18.8 Å². The summed E-state index contributed by atoms with van der Waals surface area (Å²) in [6.45, 7) is 7.57. The van der Waals surface area contributed by atoms with Gasteiger partial charge in [0.1, 0.15) is 12.2 Å². The van der Waals surface area contributed by atoms with E-state index in [4.69, 9.17) is 0 Å². The number of nitrogens with zero attached hydrogens (tertiary/aromatic N) is 3. The third-order valence-corrected chi connectivity index (χ3v) is 2.71. The standard InChI is InChI=1S/C12H24N4/c1-5-6-11(13-4)7-12-14-9-15-16(12)8-10(2)3/h9-11,13H,5-8H2,1-4H3. The zero-order chi connectivity index (χ0) is 12.0. The van der Waals surface area contributed by atoms with Crippen LogP contribution in [0, 0.1) is 5.92 Å². The second-order valence-corrected chi connectivity index (χ2v) is 4.73. The first-order valence-electron chi connectivity index (χ1n) is 6.21. The molecule has 0 saturated heterocycles. The van der Waals surface area contributed by atoms with Gasteiger partial charge in [0.05, 0.1) is 0 Å². The van der Waals surface area contributed by atoms with Crippen molar-refractivity contribution in [2.75, 3.05) is 7.05 Å². The maximum absolute atomic E-state index is 4.35. The summed E-state index contributed by atoms with van der Waals surface area (Å²) < 4.78 is 2.03. The number of likely N-dealkylation sites (N-methyl/N-ethyl adjacent to an activating group) is 1. The molecule has 92 valence electrons. The van der Waals surface area contributed by atoms with Crippen molar-refractivity contribution in [3.63, 3.8) is 0 Å². The van der Waals surface area contributed by atoms with Crippen LogP contribution in [0.15, 0.2) is 6.33 Å². The number of rotatable bonds is 7. The first kappa shape index (κ1) is 13.2. The lowest BCUT2D eigenvalue weighted by Crippen LogP contribution is -2.29. The van der Waals surface area contributed by atoms with E-state index in [1.54, 1.807) is 6.33 Å². The smallest absolute Gasteiger partial charge is 0.138 e. The first-order valence-corrected chi connectivity index (χ1v) is 6.21. The molecule has 0 fully saturated rings. The largest absolute Gasteiger partial charge is 0.317 e. The lowest BCUT2D eigenvalue weighted by molar-refractivity contribution is 0.439. The fourth-order valence-electron chi connectivity index (χ4n) is 1.86. The summed E-state index contributed by atoms with van der Waals surface area (Å²) in [5.74, 6) is 1.71. The molecule has 1 aromatic rings. The molecular weight excluding hydrogens is 200 g/mol. The van der Waals surface area contributed by atoms with Crippen molar-refractivity contribution in [3.8, 4) is 0 Å². The highest BCUT2D eigenvalue weighted by molar-refractivity contribution is 4.89. The SMILES string of the molecule is CCCC(Cc1ncnn1CC(C)C)NC. The Bertz CT molecular complexity index is 293. The summed E-state index contributed by atoms with van der Waals surface area (Å²) >= 11 is 0. The second-order valence-electron chi connectivity index (χ2n) is 4.73. The van der Waals surface area contributed by atoms with Crippen LogP contribution in [0.5, 0.6) is 0 Å². The van der Waals surface area contributed by atoms with Crippen LogP contribution in [0.1, 0.15) is 39.4 Å². The van der Waals surface area contributed by atoms with Gasteiger partial charge < -0.3 is 5.32 Å². The highest BCUT2D eigenvalue weighted by Gasteiger charge is 2.12. The Morgan fingerprint density at radius 2 is 2.19 bits per heavy atom. The Kier molecular flexibility index (Phi) is 5.46. The molecule has 16 heavy (non-hydrogen) atoms. The number of nitrogens with one attached hydrogen (secondary N) is 1. The predicted molar refractivity (Wildman–Crippen MR) is 66.3 cm³/mol. The van der Waals surface area contributed by atoms with Gasteiger partial charge in [0, 0.05) is 19.0 Å². The molecule has 0 aliphatic carbocycles. The Labute approximate surface area is 98.5 Å². The Morgan fingerprint density at radius 3 is 2.75 bits per heavy atom. The van der Waals surface area contributed by atoms with E-state index >= 15 is 0 Å². The molecular formula is C12H24N4. The topological polar surface area (TPSA) is 42.7 Å². The minimum Gasteiger partial charge on any atom is -0.317 e. The molecule has 0 aliphatic heterocycles. The fourth-order valence-corrected chi connectivity index (χ4v) is 1.86. The van der Waals surface area contributed by atoms with Crippen molar-refractivity contribution in [3.05, 3.63) is 12.2 Å². The molecule has 0 aliphatic rings. The predicted octanol–water partition coefficient (Wildman–Crippen LogP) is 1.86. The lowest BCUT2D eigenvalue weighted by atomic mass is 10.1. The molecule has 1 unspecified atom stereocenters. The Morgan fingerprint density at radius 1 is 1.44 bits per heavy atom. The van der Waals surface area contributed by atoms with Crippen molar-refractivity contribution in [1.29, 1.82) is 0 Å². The van der Waals surface area contributed by atoms with Crippen molar-refractivity contribution in [2.24, 2.45) is 5.92 Å². The number of hydrogen-bond acceptors (Lipinski definition) is 3. The van der Waals surface area contributed by atoms with Gasteiger partial charge in [0.2, 0.25) is 0 Å². The summed E-state index contributed by atoms with van der Waals surface area (Å²) in [6, 6.07) is 0.514. The van der Waals surface area contributed by atoms with E-state index in [1.165, 1.54) is 12.8 Å². The summed E-state index contributed by atoms with van der Waals surface area (Å²) in [5.41, 5.74) is 0. The van der Waals surface area contributed by atoms with Gasteiger partial charge >= 0.3 is 0 Å². The lowest BCUT2D eigenvalue weighted by Gasteiger charge is -2.15. The molecule has 1 heterocycles. The van der Waals surface area contributed by atoms with E-state index in [2.05, 4.69) is 36.2 Å². The first-order chi connectivity index (χ1) is 7.67. The van der Waals surface area contributed by atoms with Crippen molar-refractivity contribution in [1.82, 2.24) is 20.1 Å². The Hall–Kier alpha value is -0.900. The molecule has 0 bridgehead atoms. The minimum atomic E-state index is 0.514. The van der Waals surface area contributed by atoms with E-state index in [-0.39, 0.29) is 0 Å². The maximum Gasteiger partial charge on any atom is 0.138 e. The summed E-state index contributed by atoms with van der Waals surface area (Å²) in [4.78, 5) is 4.35. The van der Waals surface area contributed by atoms with Crippen molar-refractivity contribution in [2.45, 2.75) is 52.6 Å². The molecule has 4 heteroatoms. The molecule has 1 atom stereocenters. The normalized spacial score (nSPS) is 13.3. The third kappa shape index (κ3) is 3.93. The summed E-state index contributed by atoms with van der Waals surface area (Å²) in [6.07, 6.45) is 5.02. The van der Waals surface area contributed by atoms with Gasteiger partial charge in [0.15, 0.2) is 0 Å². The van der Waals surface area contributed by atoms with E-state index in [0.29, 0.717) is 12.0 Å². The van der Waals surface area contributed by atoms with Gasteiger partial charge in [-0.3, -0.25) is 0 Å². The third-order valence-electron chi connectivity index (χ3n) is 2.71. The highest BCUT2D eigenvalue weighted by atomic mass is 15.3. The molecule has 0 radical (unpaired) electrons. The van der Waals surface area contributed by atoms with Gasteiger partial charge in [0.25, 0.3) is 0 Å². The molecule has 0 saturated carbocycles. The minimum absolute atomic E-state index is 0.514. The number of aromatic nitrogens is 3. The van der Waals surface area contributed by atoms with Crippen LogP contribution >= 0.6 is 0 Å². The molecule has 1 N–H and O–H groups in total. The molecule has 1 aromatic heterocycles. The van der Waals surface area contributed by atoms with Crippen LogP contribution in [0.2, 0.25) is 0 Å². The summed E-state index contributed by atoms with van der Waals surface area (Å²) in [5, 5.41) is 7.62. The van der Waals surface area contributed by atoms with Crippen LogP contribution in [0.25, 0.3) is 0 Å². The van der Waals surface area contributed by atoms with Crippen LogP contribution in [-0.4, -0.2) is 27.9 Å². The molecule has 0 spiro atoms. The second kappa shape index (κ2) is 6.63. The highest BCUT2D eigenvalue weighted by Crippen LogP contribution is 2.07. The van der Waals surface area contributed by atoms with Gasteiger partial charge in [-0.25, -0.2) is 9.67 Å². The van der Waals surface area contributed by atoms with E-state index < -0.39 is 0 Å². The molecule has 4 nitrogen and oxygen atoms in total.